The molecular weight excluding hydrogens is 461 g/mol. The van der Waals surface area contributed by atoms with Gasteiger partial charge >= 0.3 is 0 Å². The zero-order chi connectivity index (χ0) is 25.8. The first-order valence-corrected chi connectivity index (χ1v) is 11.6. The van der Waals surface area contributed by atoms with Gasteiger partial charge in [-0.15, -0.1) is 0 Å². The van der Waals surface area contributed by atoms with Crippen molar-refractivity contribution in [2.24, 2.45) is 0 Å². The average Bonchev–Trinajstić information content (AvgIpc) is 2.89. The van der Waals surface area contributed by atoms with Crippen LogP contribution in [0.3, 0.4) is 0 Å². The van der Waals surface area contributed by atoms with Crippen LogP contribution in [0.5, 0.6) is 5.75 Å². The molecule has 3 aromatic carbocycles. The Morgan fingerprint density at radius 3 is 2.53 bits per heavy atom. The van der Waals surface area contributed by atoms with Gasteiger partial charge in [0.25, 0.3) is 11.5 Å². The van der Waals surface area contributed by atoms with E-state index >= 15 is 0 Å². The molecule has 36 heavy (non-hydrogen) atoms. The molecule has 0 aliphatic rings. The van der Waals surface area contributed by atoms with E-state index in [1.54, 1.807) is 43.3 Å². The van der Waals surface area contributed by atoms with Gasteiger partial charge < -0.3 is 14.4 Å². The standard InChI is InChI=1S/C28H28FN3O4/c1-18-13-14-25(36-4)24(17-18)32-26(30-23-12-8-6-10-21(23)28(32)34)19(2)31(15-16-35-3)27(33)20-9-5-7-11-22(20)29/h5-14,17,19H,15-16H2,1-4H3. The Labute approximate surface area is 208 Å². The molecule has 1 aromatic heterocycles. The maximum atomic E-state index is 14.6. The molecule has 0 fully saturated rings. The number of amides is 1. The number of carbonyl (C=O) groups is 1. The third-order valence-electron chi connectivity index (χ3n) is 6.12. The van der Waals surface area contributed by atoms with E-state index in [9.17, 15) is 14.0 Å². The Balaban J connectivity index is 1.97. The Kier molecular flexibility index (Phi) is 7.45. The van der Waals surface area contributed by atoms with Crippen LogP contribution in [0.15, 0.2) is 71.5 Å². The van der Waals surface area contributed by atoms with Crippen LogP contribution in [0.1, 0.15) is 34.7 Å². The lowest BCUT2D eigenvalue weighted by molar-refractivity contribution is 0.0601. The van der Waals surface area contributed by atoms with Gasteiger partial charge in [0.2, 0.25) is 0 Å². The second-order valence-electron chi connectivity index (χ2n) is 8.45. The molecule has 0 saturated heterocycles. The first-order chi connectivity index (χ1) is 17.4. The Morgan fingerprint density at radius 1 is 1.08 bits per heavy atom. The van der Waals surface area contributed by atoms with Gasteiger partial charge in [0.15, 0.2) is 0 Å². The van der Waals surface area contributed by atoms with Crippen LogP contribution in [-0.4, -0.2) is 47.7 Å². The number of rotatable bonds is 8. The molecule has 4 aromatic rings. The minimum atomic E-state index is -0.713. The molecule has 0 spiro atoms. The lowest BCUT2D eigenvalue weighted by Gasteiger charge is -2.31. The summed E-state index contributed by atoms with van der Waals surface area (Å²) >= 11 is 0. The van der Waals surface area contributed by atoms with Crippen molar-refractivity contribution in [2.45, 2.75) is 19.9 Å². The maximum absolute atomic E-state index is 14.6. The van der Waals surface area contributed by atoms with E-state index in [0.717, 1.165) is 5.56 Å². The van der Waals surface area contributed by atoms with E-state index in [1.165, 1.54) is 41.9 Å². The largest absolute Gasteiger partial charge is 0.495 e. The van der Waals surface area contributed by atoms with Crippen LogP contribution in [0.2, 0.25) is 0 Å². The average molecular weight is 490 g/mol. The van der Waals surface area contributed by atoms with Crippen molar-refractivity contribution in [3.05, 3.63) is 99.9 Å². The van der Waals surface area contributed by atoms with Gasteiger partial charge in [0, 0.05) is 13.7 Å². The summed E-state index contributed by atoms with van der Waals surface area (Å²) in [6.07, 6.45) is 0. The lowest BCUT2D eigenvalue weighted by atomic mass is 10.1. The number of aromatic nitrogens is 2. The molecular formula is C28H28FN3O4. The van der Waals surface area contributed by atoms with Crippen LogP contribution >= 0.6 is 0 Å². The Bertz CT molecular complexity index is 1470. The second kappa shape index (κ2) is 10.7. The number of hydrogen-bond donors (Lipinski definition) is 0. The summed E-state index contributed by atoms with van der Waals surface area (Å²) in [5.74, 6) is -0.343. The number of benzene rings is 3. The fourth-order valence-electron chi connectivity index (χ4n) is 4.23. The number of para-hydroxylation sites is 1. The highest BCUT2D eigenvalue weighted by Crippen LogP contribution is 2.29. The second-order valence-corrected chi connectivity index (χ2v) is 8.45. The summed E-state index contributed by atoms with van der Waals surface area (Å²) in [6, 6.07) is 17.7. The SMILES string of the molecule is COCCN(C(=O)c1ccccc1F)C(C)c1nc2ccccc2c(=O)n1-c1cc(C)ccc1OC. The van der Waals surface area contributed by atoms with Gasteiger partial charge in [-0.3, -0.25) is 14.2 Å². The number of aryl methyl sites for hydroxylation is 1. The van der Waals surface area contributed by atoms with Crippen molar-refractivity contribution in [3.63, 3.8) is 0 Å². The van der Waals surface area contributed by atoms with Crippen molar-refractivity contribution >= 4 is 16.8 Å². The highest BCUT2D eigenvalue weighted by molar-refractivity contribution is 5.94. The van der Waals surface area contributed by atoms with Crippen molar-refractivity contribution < 1.29 is 18.7 Å². The van der Waals surface area contributed by atoms with Crippen molar-refractivity contribution in [1.82, 2.24) is 14.5 Å². The fraction of sp³-hybridized carbons (Fsp3) is 0.250. The molecule has 0 radical (unpaired) electrons. The normalized spacial score (nSPS) is 11.9. The van der Waals surface area contributed by atoms with Gasteiger partial charge in [0.05, 0.1) is 41.9 Å². The molecule has 0 N–H and O–H groups in total. The van der Waals surface area contributed by atoms with Gasteiger partial charge in [-0.05, 0) is 55.8 Å². The van der Waals surface area contributed by atoms with Gasteiger partial charge in [-0.2, -0.15) is 0 Å². The summed E-state index contributed by atoms with van der Waals surface area (Å²) in [5.41, 5.74) is 1.56. The van der Waals surface area contributed by atoms with Crippen LogP contribution in [0.4, 0.5) is 4.39 Å². The molecule has 1 heterocycles. The number of nitrogens with zero attached hydrogens (tertiary/aromatic N) is 3. The summed E-state index contributed by atoms with van der Waals surface area (Å²) in [5, 5.41) is 0.431. The van der Waals surface area contributed by atoms with E-state index in [4.69, 9.17) is 14.5 Å². The predicted octanol–water partition coefficient (Wildman–Crippen LogP) is 4.69. The molecule has 8 heteroatoms. The highest BCUT2D eigenvalue weighted by Gasteiger charge is 2.29. The van der Waals surface area contributed by atoms with Crippen LogP contribution in [0.25, 0.3) is 16.6 Å². The third-order valence-corrected chi connectivity index (χ3v) is 6.12. The first-order valence-electron chi connectivity index (χ1n) is 11.6. The topological polar surface area (TPSA) is 73.7 Å². The zero-order valence-electron chi connectivity index (χ0n) is 20.7. The first kappa shape index (κ1) is 25.1. The predicted molar refractivity (Wildman–Crippen MR) is 136 cm³/mol. The molecule has 0 aliphatic carbocycles. The number of halogens is 1. The number of methoxy groups -OCH3 is 2. The molecule has 0 aliphatic heterocycles. The van der Waals surface area contributed by atoms with Gasteiger partial charge in [-0.1, -0.05) is 30.3 Å². The molecule has 1 amide bonds. The molecule has 0 bridgehead atoms. The number of hydrogen-bond acceptors (Lipinski definition) is 5. The summed E-state index contributed by atoms with van der Waals surface area (Å²) in [4.78, 5) is 33.7. The lowest BCUT2D eigenvalue weighted by Crippen LogP contribution is -2.39. The van der Waals surface area contributed by atoms with Crippen molar-refractivity contribution in [2.75, 3.05) is 27.4 Å². The van der Waals surface area contributed by atoms with Gasteiger partial charge in [-0.25, -0.2) is 9.37 Å². The van der Waals surface area contributed by atoms with E-state index in [0.29, 0.717) is 28.2 Å². The third kappa shape index (κ3) is 4.72. The maximum Gasteiger partial charge on any atom is 0.266 e. The monoisotopic (exact) mass is 489 g/mol. The number of ether oxygens (including phenoxy) is 2. The Morgan fingerprint density at radius 2 is 1.81 bits per heavy atom. The van der Waals surface area contributed by atoms with E-state index in [-0.39, 0.29) is 24.3 Å². The summed E-state index contributed by atoms with van der Waals surface area (Å²) in [7, 11) is 3.06. The van der Waals surface area contributed by atoms with Crippen molar-refractivity contribution in [1.29, 1.82) is 0 Å². The minimum Gasteiger partial charge on any atom is -0.495 e. The zero-order valence-corrected chi connectivity index (χ0v) is 20.7. The number of fused-ring (bicyclic) bond motifs is 1. The molecule has 0 saturated carbocycles. The molecule has 1 atom stereocenters. The van der Waals surface area contributed by atoms with Crippen LogP contribution < -0.4 is 10.3 Å². The van der Waals surface area contributed by atoms with E-state index < -0.39 is 17.8 Å². The van der Waals surface area contributed by atoms with Crippen molar-refractivity contribution in [3.8, 4) is 11.4 Å². The molecule has 4 rings (SSSR count). The molecule has 7 nitrogen and oxygen atoms in total. The summed E-state index contributed by atoms with van der Waals surface area (Å²) < 4.78 is 26.9. The number of carbonyl (C=O) groups excluding carboxylic acids is 1. The van der Waals surface area contributed by atoms with E-state index in [1.807, 2.05) is 19.1 Å². The molecule has 1 unspecified atom stereocenters. The quantitative estimate of drug-likeness (QED) is 0.359. The molecule has 186 valence electrons. The van der Waals surface area contributed by atoms with Crippen LogP contribution in [-0.2, 0) is 4.74 Å². The van der Waals surface area contributed by atoms with E-state index in [2.05, 4.69) is 0 Å². The minimum absolute atomic E-state index is 0.0664. The Hall–Kier alpha value is -4.04. The van der Waals surface area contributed by atoms with Gasteiger partial charge in [0.1, 0.15) is 17.4 Å². The highest BCUT2D eigenvalue weighted by atomic mass is 19.1. The van der Waals surface area contributed by atoms with Crippen LogP contribution in [0, 0.1) is 12.7 Å². The summed E-state index contributed by atoms with van der Waals surface area (Å²) in [6.45, 7) is 4.07. The smallest absolute Gasteiger partial charge is 0.266 e. The fourth-order valence-corrected chi connectivity index (χ4v) is 4.23.